The second-order valence-electron chi connectivity index (χ2n) is 5.84. The van der Waals surface area contributed by atoms with Crippen molar-refractivity contribution in [2.45, 2.75) is 45.5 Å². The quantitative estimate of drug-likeness (QED) is 0.808. The first-order chi connectivity index (χ1) is 10.3. The molecule has 6 heteroatoms. The van der Waals surface area contributed by atoms with Crippen LogP contribution in [-0.2, 0) is 20.9 Å². The van der Waals surface area contributed by atoms with E-state index in [0.29, 0.717) is 0 Å². The van der Waals surface area contributed by atoms with Crippen molar-refractivity contribution in [3.05, 3.63) is 35.9 Å². The van der Waals surface area contributed by atoms with Gasteiger partial charge in [-0.3, -0.25) is 0 Å². The largest absolute Gasteiger partial charge is 0.479 e. The fraction of sp³-hybridized carbons (Fsp3) is 0.500. The zero-order valence-corrected chi connectivity index (χ0v) is 13.2. The molecule has 0 fully saturated rings. The molecular formula is C16H23NO5. The Kier molecular flexibility index (Phi) is 6.85. The number of benzene rings is 1. The molecule has 0 spiro atoms. The molecule has 6 nitrogen and oxygen atoms in total. The number of amides is 1. The first-order valence-electron chi connectivity index (χ1n) is 7.13. The molecule has 22 heavy (non-hydrogen) atoms. The van der Waals surface area contributed by atoms with Crippen molar-refractivity contribution in [3.8, 4) is 0 Å². The van der Waals surface area contributed by atoms with Gasteiger partial charge in [-0.1, -0.05) is 30.3 Å². The van der Waals surface area contributed by atoms with Crippen LogP contribution < -0.4 is 5.32 Å². The molecule has 1 aromatic carbocycles. The highest BCUT2D eigenvalue weighted by atomic mass is 16.6. The summed E-state index contributed by atoms with van der Waals surface area (Å²) in [6.07, 6.45) is -1.38. The lowest BCUT2D eigenvalue weighted by Crippen LogP contribution is -2.35. The second-order valence-corrected chi connectivity index (χ2v) is 5.84. The van der Waals surface area contributed by atoms with Crippen LogP contribution >= 0.6 is 0 Å². The zero-order valence-electron chi connectivity index (χ0n) is 13.2. The number of hydrogen-bond acceptors (Lipinski definition) is 4. The number of hydrogen-bond donors (Lipinski definition) is 2. The van der Waals surface area contributed by atoms with Crippen molar-refractivity contribution in [1.82, 2.24) is 5.32 Å². The van der Waals surface area contributed by atoms with Crippen LogP contribution in [-0.4, -0.2) is 35.4 Å². The van der Waals surface area contributed by atoms with Crippen LogP contribution in [0, 0.1) is 0 Å². The predicted molar refractivity (Wildman–Crippen MR) is 81.5 cm³/mol. The maximum Gasteiger partial charge on any atom is 0.407 e. The number of rotatable bonds is 7. The van der Waals surface area contributed by atoms with Crippen molar-refractivity contribution in [3.63, 3.8) is 0 Å². The number of alkyl carbamates (subject to hydrolysis) is 1. The van der Waals surface area contributed by atoms with Gasteiger partial charge in [0.1, 0.15) is 5.60 Å². The normalized spacial score (nSPS) is 12.5. The van der Waals surface area contributed by atoms with Gasteiger partial charge >= 0.3 is 12.1 Å². The van der Waals surface area contributed by atoms with Crippen LogP contribution in [0.3, 0.4) is 0 Å². The summed E-state index contributed by atoms with van der Waals surface area (Å²) in [5, 5.41) is 11.7. The van der Waals surface area contributed by atoms with Crippen molar-refractivity contribution < 1.29 is 24.2 Å². The van der Waals surface area contributed by atoms with E-state index in [4.69, 9.17) is 14.6 Å². The number of carbonyl (C=O) groups is 2. The van der Waals surface area contributed by atoms with E-state index in [1.165, 1.54) is 0 Å². The van der Waals surface area contributed by atoms with E-state index in [9.17, 15) is 9.59 Å². The van der Waals surface area contributed by atoms with E-state index in [1.54, 1.807) is 20.8 Å². The molecule has 0 radical (unpaired) electrons. The minimum atomic E-state index is -1.05. The van der Waals surface area contributed by atoms with Gasteiger partial charge in [0.2, 0.25) is 0 Å². The van der Waals surface area contributed by atoms with Gasteiger partial charge in [-0.2, -0.15) is 0 Å². The smallest absolute Gasteiger partial charge is 0.407 e. The molecule has 0 saturated heterocycles. The number of carboxylic acid groups (broad SMARTS) is 1. The minimum absolute atomic E-state index is 0.167. The Balaban J connectivity index is 2.35. The fourth-order valence-corrected chi connectivity index (χ4v) is 1.67. The van der Waals surface area contributed by atoms with Crippen molar-refractivity contribution in [1.29, 1.82) is 0 Å². The van der Waals surface area contributed by atoms with Crippen LogP contribution in [0.15, 0.2) is 30.3 Å². The Morgan fingerprint density at radius 2 is 1.86 bits per heavy atom. The summed E-state index contributed by atoms with van der Waals surface area (Å²) in [5.41, 5.74) is 0.314. The summed E-state index contributed by atoms with van der Waals surface area (Å²) in [7, 11) is 0. The third kappa shape index (κ3) is 7.64. The second kappa shape index (κ2) is 8.38. The van der Waals surface area contributed by atoms with E-state index in [2.05, 4.69) is 5.32 Å². The average Bonchev–Trinajstić information content (AvgIpc) is 2.41. The summed E-state index contributed by atoms with van der Waals surface area (Å²) in [5.74, 6) is -1.05. The van der Waals surface area contributed by atoms with E-state index >= 15 is 0 Å². The van der Waals surface area contributed by atoms with Gasteiger partial charge in [-0.05, 0) is 26.3 Å². The highest BCUT2D eigenvalue weighted by Gasteiger charge is 2.20. The summed E-state index contributed by atoms with van der Waals surface area (Å²) >= 11 is 0. The molecule has 1 rings (SSSR count). The molecule has 0 saturated carbocycles. The summed E-state index contributed by atoms with van der Waals surface area (Å²) in [6.45, 7) is 5.66. The molecule has 1 amide bonds. The molecule has 1 aromatic rings. The fourth-order valence-electron chi connectivity index (χ4n) is 1.67. The monoisotopic (exact) mass is 309 g/mol. The standard InChI is InChI=1S/C16H23NO5/c1-16(2,3)22-15(20)17-10-9-13(14(18)19)21-11-12-7-5-4-6-8-12/h4-8,13H,9-11H2,1-3H3,(H,17,20)(H,18,19). The van der Waals surface area contributed by atoms with E-state index in [-0.39, 0.29) is 19.6 Å². The Morgan fingerprint density at radius 1 is 1.23 bits per heavy atom. The highest BCUT2D eigenvalue weighted by molar-refractivity contribution is 5.72. The molecule has 0 heterocycles. The van der Waals surface area contributed by atoms with Crippen LogP contribution in [0.4, 0.5) is 4.79 Å². The van der Waals surface area contributed by atoms with Gasteiger partial charge < -0.3 is 19.9 Å². The lowest BCUT2D eigenvalue weighted by Gasteiger charge is -2.20. The molecule has 0 aromatic heterocycles. The van der Waals surface area contributed by atoms with Crippen molar-refractivity contribution >= 4 is 12.1 Å². The predicted octanol–water partition coefficient (Wildman–Crippen LogP) is 2.57. The Morgan fingerprint density at radius 3 is 2.41 bits per heavy atom. The molecule has 1 atom stereocenters. The molecule has 2 N–H and O–H groups in total. The van der Waals surface area contributed by atoms with E-state index < -0.39 is 23.8 Å². The Bertz CT molecular complexity index is 481. The number of carboxylic acids is 1. The summed E-state index contributed by atoms with van der Waals surface area (Å²) in [6, 6.07) is 9.32. The molecule has 0 aliphatic heterocycles. The van der Waals surface area contributed by atoms with Gasteiger partial charge in [-0.25, -0.2) is 9.59 Å². The number of ether oxygens (including phenoxy) is 2. The SMILES string of the molecule is CC(C)(C)OC(=O)NCCC(OCc1ccccc1)C(=O)O. The van der Waals surface area contributed by atoms with Gasteiger partial charge in [0.05, 0.1) is 6.61 Å². The third-order valence-electron chi connectivity index (χ3n) is 2.64. The van der Waals surface area contributed by atoms with Crippen LogP contribution in [0.5, 0.6) is 0 Å². The molecule has 0 aliphatic rings. The summed E-state index contributed by atoms with van der Waals surface area (Å²) < 4.78 is 10.5. The number of nitrogens with one attached hydrogen (secondary N) is 1. The van der Waals surface area contributed by atoms with Gasteiger partial charge in [0, 0.05) is 13.0 Å². The van der Waals surface area contributed by atoms with Crippen molar-refractivity contribution in [2.24, 2.45) is 0 Å². The molecule has 1 unspecified atom stereocenters. The average molecular weight is 309 g/mol. The van der Waals surface area contributed by atoms with Crippen LogP contribution in [0.25, 0.3) is 0 Å². The molecular weight excluding hydrogens is 286 g/mol. The lowest BCUT2D eigenvalue weighted by atomic mass is 10.2. The molecule has 122 valence electrons. The zero-order chi connectivity index (χ0) is 16.6. The van der Waals surface area contributed by atoms with E-state index in [1.807, 2.05) is 30.3 Å². The summed E-state index contributed by atoms with van der Waals surface area (Å²) in [4.78, 5) is 22.6. The van der Waals surface area contributed by atoms with Gasteiger partial charge in [-0.15, -0.1) is 0 Å². The number of aliphatic carboxylic acids is 1. The van der Waals surface area contributed by atoms with Crippen molar-refractivity contribution in [2.75, 3.05) is 6.54 Å². The van der Waals surface area contributed by atoms with Gasteiger partial charge in [0.25, 0.3) is 0 Å². The van der Waals surface area contributed by atoms with Crippen LogP contribution in [0.1, 0.15) is 32.8 Å². The highest BCUT2D eigenvalue weighted by Crippen LogP contribution is 2.08. The molecule has 0 aliphatic carbocycles. The van der Waals surface area contributed by atoms with Crippen LogP contribution in [0.2, 0.25) is 0 Å². The third-order valence-corrected chi connectivity index (χ3v) is 2.64. The maximum atomic E-state index is 11.5. The van der Waals surface area contributed by atoms with Gasteiger partial charge in [0.15, 0.2) is 6.10 Å². The first kappa shape index (κ1) is 18.0. The van der Waals surface area contributed by atoms with E-state index in [0.717, 1.165) is 5.56 Å². The lowest BCUT2D eigenvalue weighted by molar-refractivity contribution is -0.151. The number of carbonyl (C=O) groups excluding carboxylic acids is 1. The minimum Gasteiger partial charge on any atom is -0.479 e. The topological polar surface area (TPSA) is 84.9 Å². The Hall–Kier alpha value is -2.08. The Labute approximate surface area is 130 Å². The molecule has 0 bridgehead atoms. The first-order valence-corrected chi connectivity index (χ1v) is 7.13. The maximum absolute atomic E-state index is 11.5.